The molecule has 0 unspecified atom stereocenters. The Kier molecular flexibility index (Phi) is 4.16. The first kappa shape index (κ1) is 17.9. The molecule has 8 heteroatoms. The molecule has 8 nitrogen and oxygen atoms in total. The van der Waals surface area contributed by atoms with E-state index >= 15 is 0 Å². The van der Waals surface area contributed by atoms with Crippen molar-refractivity contribution in [1.82, 2.24) is 19.9 Å². The normalized spacial score (nSPS) is 18.5. The van der Waals surface area contributed by atoms with Gasteiger partial charge >= 0.3 is 0 Å². The summed E-state index contributed by atoms with van der Waals surface area (Å²) in [6, 6.07) is 12.0. The fraction of sp³-hybridized carbons (Fsp3) is 0.381. The van der Waals surface area contributed by atoms with E-state index in [4.69, 9.17) is 4.74 Å². The fourth-order valence-electron chi connectivity index (χ4n) is 4.02. The summed E-state index contributed by atoms with van der Waals surface area (Å²) in [7, 11) is 0. The lowest BCUT2D eigenvalue weighted by atomic mass is 9.94. The molecule has 29 heavy (non-hydrogen) atoms. The number of ether oxygens (including phenoxy) is 1. The Hall–Kier alpha value is -3.13. The van der Waals surface area contributed by atoms with Crippen molar-refractivity contribution >= 4 is 29.0 Å². The fourth-order valence-corrected chi connectivity index (χ4v) is 4.02. The summed E-state index contributed by atoms with van der Waals surface area (Å²) in [4.78, 5) is 16.8. The molecule has 0 bridgehead atoms. The number of fused-ring (bicyclic) bond motifs is 2. The quantitative estimate of drug-likeness (QED) is 0.632. The SMILES string of the molecule is CC1(C)NC(=O)c2cc(Nc3nc4cccc(NC5CCOCC5)n4n3)ccc21. The van der Waals surface area contributed by atoms with E-state index < -0.39 is 0 Å². The van der Waals surface area contributed by atoms with Gasteiger partial charge in [-0.25, -0.2) is 0 Å². The lowest BCUT2D eigenvalue weighted by Crippen LogP contribution is -2.32. The molecular formula is C21H24N6O2. The summed E-state index contributed by atoms with van der Waals surface area (Å²) in [6.45, 7) is 5.56. The van der Waals surface area contributed by atoms with Crippen molar-refractivity contribution in [3.63, 3.8) is 0 Å². The third kappa shape index (κ3) is 3.29. The van der Waals surface area contributed by atoms with Crippen LogP contribution in [0.3, 0.4) is 0 Å². The number of pyridine rings is 1. The average molecular weight is 392 g/mol. The number of nitrogens with zero attached hydrogens (tertiary/aromatic N) is 3. The van der Waals surface area contributed by atoms with Crippen molar-refractivity contribution in [2.75, 3.05) is 23.8 Å². The van der Waals surface area contributed by atoms with Gasteiger partial charge in [0.25, 0.3) is 5.91 Å². The Morgan fingerprint density at radius 1 is 1.21 bits per heavy atom. The van der Waals surface area contributed by atoms with Crippen molar-refractivity contribution in [2.24, 2.45) is 0 Å². The number of carbonyl (C=O) groups is 1. The predicted molar refractivity (Wildman–Crippen MR) is 111 cm³/mol. The summed E-state index contributed by atoms with van der Waals surface area (Å²) < 4.78 is 7.24. The number of amides is 1. The van der Waals surface area contributed by atoms with Gasteiger partial charge in [0.2, 0.25) is 5.95 Å². The van der Waals surface area contributed by atoms with Crippen molar-refractivity contribution in [3.8, 4) is 0 Å². The lowest BCUT2D eigenvalue weighted by molar-refractivity contribution is 0.0903. The number of nitrogens with one attached hydrogen (secondary N) is 3. The molecule has 2 aliphatic rings. The van der Waals surface area contributed by atoms with Crippen molar-refractivity contribution in [1.29, 1.82) is 0 Å². The van der Waals surface area contributed by atoms with E-state index in [1.165, 1.54) is 0 Å². The van der Waals surface area contributed by atoms with Crippen LogP contribution in [0.5, 0.6) is 0 Å². The average Bonchev–Trinajstić information content (AvgIpc) is 3.21. The van der Waals surface area contributed by atoms with Gasteiger partial charge in [0.05, 0.1) is 5.54 Å². The molecule has 0 atom stereocenters. The van der Waals surface area contributed by atoms with Gasteiger partial charge in [-0.3, -0.25) is 4.79 Å². The molecule has 3 N–H and O–H groups in total. The highest BCUT2D eigenvalue weighted by Crippen LogP contribution is 2.32. The predicted octanol–water partition coefficient (Wildman–Crippen LogP) is 3.04. The summed E-state index contributed by atoms with van der Waals surface area (Å²) in [5, 5.41) is 14.4. The van der Waals surface area contributed by atoms with E-state index in [-0.39, 0.29) is 11.4 Å². The third-order valence-electron chi connectivity index (χ3n) is 5.55. The van der Waals surface area contributed by atoms with Crippen LogP contribution in [-0.2, 0) is 10.3 Å². The largest absolute Gasteiger partial charge is 0.381 e. The van der Waals surface area contributed by atoms with Gasteiger partial charge in [-0.1, -0.05) is 12.1 Å². The highest BCUT2D eigenvalue weighted by Gasteiger charge is 2.34. The maximum absolute atomic E-state index is 12.3. The number of rotatable bonds is 4. The topological polar surface area (TPSA) is 92.6 Å². The maximum Gasteiger partial charge on any atom is 0.252 e. The zero-order valence-corrected chi connectivity index (χ0v) is 16.5. The molecular weight excluding hydrogens is 368 g/mol. The minimum atomic E-state index is -0.350. The van der Waals surface area contributed by atoms with E-state index in [1.807, 2.05) is 50.2 Å². The van der Waals surface area contributed by atoms with Gasteiger partial charge in [-0.2, -0.15) is 9.50 Å². The molecule has 0 spiro atoms. The van der Waals surface area contributed by atoms with E-state index in [9.17, 15) is 4.79 Å². The Morgan fingerprint density at radius 2 is 2.03 bits per heavy atom. The first-order valence-corrected chi connectivity index (χ1v) is 9.94. The molecule has 0 saturated carbocycles. The van der Waals surface area contributed by atoms with Crippen LogP contribution in [0, 0.1) is 0 Å². The monoisotopic (exact) mass is 392 g/mol. The van der Waals surface area contributed by atoms with Crippen LogP contribution in [0.15, 0.2) is 36.4 Å². The minimum Gasteiger partial charge on any atom is -0.381 e. The molecule has 3 aromatic rings. The zero-order chi connectivity index (χ0) is 20.0. The lowest BCUT2D eigenvalue weighted by Gasteiger charge is -2.24. The number of aromatic nitrogens is 3. The molecule has 1 fully saturated rings. The number of hydrogen-bond acceptors (Lipinski definition) is 6. The number of anilines is 3. The molecule has 150 valence electrons. The van der Waals surface area contributed by atoms with Crippen molar-refractivity contribution < 1.29 is 9.53 Å². The molecule has 2 aromatic heterocycles. The van der Waals surface area contributed by atoms with Crippen LogP contribution in [0.2, 0.25) is 0 Å². The minimum absolute atomic E-state index is 0.0560. The van der Waals surface area contributed by atoms with Crippen LogP contribution in [-0.4, -0.2) is 39.8 Å². The second-order valence-corrected chi connectivity index (χ2v) is 8.11. The van der Waals surface area contributed by atoms with Crippen molar-refractivity contribution in [3.05, 3.63) is 47.5 Å². The Morgan fingerprint density at radius 3 is 2.86 bits per heavy atom. The van der Waals surface area contributed by atoms with Gasteiger partial charge in [-0.15, -0.1) is 5.10 Å². The summed E-state index contributed by atoms with van der Waals surface area (Å²) in [5.74, 6) is 1.34. The molecule has 0 radical (unpaired) electrons. The van der Waals surface area contributed by atoms with Crippen molar-refractivity contribution in [2.45, 2.75) is 38.3 Å². The molecule has 0 aliphatic carbocycles. The Bertz CT molecular complexity index is 1080. The Labute approximate surface area is 168 Å². The Balaban J connectivity index is 1.41. The first-order chi connectivity index (χ1) is 14.0. The number of benzene rings is 1. The summed E-state index contributed by atoms with van der Waals surface area (Å²) >= 11 is 0. The second-order valence-electron chi connectivity index (χ2n) is 8.11. The zero-order valence-electron chi connectivity index (χ0n) is 16.5. The van der Waals surface area contributed by atoms with E-state index in [2.05, 4.69) is 26.0 Å². The standard InChI is InChI=1S/C21H24N6O2/c1-21(2)16-7-6-14(12-15(16)19(28)25-21)23-20-24-18-5-3-4-17(27(18)26-20)22-13-8-10-29-11-9-13/h3-7,12-13,22H,8-11H2,1-2H3,(H,23,26)(H,25,28). The molecule has 4 heterocycles. The number of hydrogen-bond donors (Lipinski definition) is 3. The molecule has 1 aromatic carbocycles. The van der Waals surface area contributed by atoms with Crippen LogP contribution in [0.25, 0.3) is 5.65 Å². The maximum atomic E-state index is 12.3. The van der Waals surface area contributed by atoms with Crippen LogP contribution < -0.4 is 16.0 Å². The van der Waals surface area contributed by atoms with E-state index in [0.29, 0.717) is 17.6 Å². The van der Waals surface area contributed by atoms with Gasteiger partial charge < -0.3 is 20.7 Å². The van der Waals surface area contributed by atoms with Gasteiger partial charge in [0, 0.05) is 30.5 Å². The van der Waals surface area contributed by atoms with E-state index in [0.717, 1.165) is 48.8 Å². The van der Waals surface area contributed by atoms with Crippen LogP contribution in [0.4, 0.5) is 17.5 Å². The summed E-state index contributed by atoms with van der Waals surface area (Å²) in [5.41, 5.74) is 2.87. The third-order valence-corrected chi connectivity index (χ3v) is 5.55. The molecule has 5 rings (SSSR count). The van der Waals surface area contributed by atoms with Crippen LogP contribution in [0.1, 0.15) is 42.6 Å². The second kappa shape index (κ2) is 6.73. The van der Waals surface area contributed by atoms with Gasteiger partial charge in [0.15, 0.2) is 5.65 Å². The highest BCUT2D eigenvalue weighted by atomic mass is 16.5. The highest BCUT2D eigenvalue weighted by molar-refractivity contribution is 6.00. The summed E-state index contributed by atoms with van der Waals surface area (Å²) in [6.07, 6.45) is 1.95. The number of carbonyl (C=O) groups excluding carboxylic acids is 1. The van der Waals surface area contributed by atoms with Gasteiger partial charge in [0.1, 0.15) is 5.82 Å². The smallest absolute Gasteiger partial charge is 0.252 e. The van der Waals surface area contributed by atoms with Crippen LogP contribution >= 0.6 is 0 Å². The van der Waals surface area contributed by atoms with Gasteiger partial charge in [-0.05, 0) is 56.5 Å². The molecule has 1 amide bonds. The first-order valence-electron chi connectivity index (χ1n) is 9.94. The van der Waals surface area contributed by atoms with E-state index in [1.54, 1.807) is 4.52 Å². The molecule has 1 saturated heterocycles. The molecule has 2 aliphatic heterocycles.